The number of H-pyrrole nitrogens is 1. The van der Waals surface area contributed by atoms with E-state index >= 15 is 0 Å². The Hall–Kier alpha value is -1.42. The average Bonchev–Trinajstić information content (AvgIpc) is 2.67. The summed E-state index contributed by atoms with van der Waals surface area (Å²) in [5, 5.41) is 0. The van der Waals surface area contributed by atoms with E-state index in [9.17, 15) is 0 Å². The molecule has 1 aliphatic carbocycles. The van der Waals surface area contributed by atoms with Gasteiger partial charge in [-0.2, -0.15) is 0 Å². The highest BCUT2D eigenvalue weighted by molar-refractivity contribution is 7.71. The highest BCUT2D eigenvalue weighted by Crippen LogP contribution is 2.22. The van der Waals surface area contributed by atoms with Gasteiger partial charge in [0.05, 0.1) is 5.52 Å². The summed E-state index contributed by atoms with van der Waals surface area (Å²) in [4.78, 5) is 7.85. The van der Waals surface area contributed by atoms with Gasteiger partial charge in [-0.05, 0) is 56.5 Å². The highest BCUT2D eigenvalue weighted by atomic mass is 32.1. The zero-order valence-electron chi connectivity index (χ0n) is 10.5. The van der Waals surface area contributed by atoms with Crippen LogP contribution in [0.2, 0.25) is 0 Å². The van der Waals surface area contributed by atoms with Crippen molar-refractivity contribution >= 4 is 23.4 Å². The molecule has 0 saturated carbocycles. The van der Waals surface area contributed by atoms with Crippen molar-refractivity contribution in [3.63, 3.8) is 0 Å². The number of aryl methyl sites for hydroxylation is 1. The van der Waals surface area contributed by atoms with Crippen LogP contribution in [0.25, 0.3) is 11.2 Å². The van der Waals surface area contributed by atoms with Crippen LogP contribution in [0.4, 0.5) is 0 Å². The van der Waals surface area contributed by atoms with E-state index in [4.69, 9.17) is 12.2 Å². The molecule has 0 aromatic carbocycles. The number of imidazole rings is 1. The van der Waals surface area contributed by atoms with Crippen LogP contribution in [0.1, 0.15) is 25.0 Å². The molecule has 0 fully saturated rings. The topological polar surface area (TPSA) is 33.6 Å². The molecule has 0 radical (unpaired) electrons. The summed E-state index contributed by atoms with van der Waals surface area (Å²) in [6.07, 6.45) is 8.14. The van der Waals surface area contributed by atoms with Crippen LogP contribution in [0.3, 0.4) is 0 Å². The van der Waals surface area contributed by atoms with Crippen molar-refractivity contribution in [2.24, 2.45) is 5.92 Å². The first kappa shape index (κ1) is 11.7. The van der Waals surface area contributed by atoms with Gasteiger partial charge < -0.3 is 9.55 Å². The van der Waals surface area contributed by atoms with Crippen LogP contribution in [-0.2, 0) is 6.54 Å². The first-order chi connectivity index (χ1) is 8.74. The lowest BCUT2D eigenvalue weighted by molar-refractivity contribution is 0.412. The summed E-state index contributed by atoms with van der Waals surface area (Å²) in [5.41, 5.74) is 3.07. The van der Waals surface area contributed by atoms with Crippen LogP contribution in [0.5, 0.6) is 0 Å². The molecule has 18 heavy (non-hydrogen) atoms. The van der Waals surface area contributed by atoms with Gasteiger partial charge in [0.25, 0.3) is 0 Å². The van der Waals surface area contributed by atoms with Crippen LogP contribution >= 0.6 is 12.2 Å². The third-order valence-electron chi connectivity index (χ3n) is 3.58. The van der Waals surface area contributed by atoms with Crippen LogP contribution in [-0.4, -0.2) is 14.5 Å². The van der Waals surface area contributed by atoms with E-state index in [2.05, 4.69) is 32.8 Å². The van der Waals surface area contributed by atoms with E-state index in [1.165, 1.54) is 12.8 Å². The summed E-state index contributed by atoms with van der Waals surface area (Å²) in [6.45, 7) is 2.99. The molecular weight excluding hydrogens is 242 g/mol. The maximum Gasteiger partial charge on any atom is 0.179 e. The predicted octanol–water partition coefficient (Wildman–Crippen LogP) is 3.76. The zero-order chi connectivity index (χ0) is 12.5. The molecule has 2 aromatic rings. The molecule has 1 N–H and O–H groups in total. The van der Waals surface area contributed by atoms with Gasteiger partial charge in [0.1, 0.15) is 0 Å². The fourth-order valence-electron chi connectivity index (χ4n) is 2.57. The highest BCUT2D eigenvalue weighted by Gasteiger charge is 2.14. The van der Waals surface area contributed by atoms with Gasteiger partial charge >= 0.3 is 0 Å². The number of rotatable bonds is 2. The molecule has 1 aliphatic rings. The van der Waals surface area contributed by atoms with Gasteiger partial charge in [0.2, 0.25) is 0 Å². The smallest absolute Gasteiger partial charge is 0.179 e. The number of nitrogens with zero attached hydrogens (tertiary/aromatic N) is 2. The van der Waals surface area contributed by atoms with E-state index in [1.54, 1.807) is 0 Å². The van der Waals surface area contributed by atoms with E-state index in [-0.39, 0.29) is 0 Å². The Morgan fingerprint density at radius 1 is 1.44 bits per heavy atom. The Morgan fingerprint density at radius 3 is 3.11 bits per heavy atom. The van der Waals surface area contributed by atoms with Crippen molar-refractivity contribution in [1.82, 2.24) is 14.5 Å². The van der Waals surface area contributed by atoms with Crippen LogP contribution in [0.15, 0.2) is 24.3 Å². The normalized spacial score (nSPS) is 19.5. The first-order valence-corrected chi connectivity index (χ1v) is 6.86. The molecule has 0 aliphatic heterocycles. The van der Waals surface area contributed by atoms with Gasteiger partial charge in [-0.3, -0.25) is 0 Å². The minimum atomic E-state index is 0.683. The number of aromatic amines is 1. The van der Waals surface area contributed by atoms with Crippen molar-refractivity contribution < 1.29 is 0 Å². The zero-order valence-corrected chi connectivity index (χ0v) is 11.3. The van der Waals surface area contributed by atoms with E-state index in [0.717, 1.165) is 34.6 Å². The van der Waals surface area contributed by atoms with Crippen molar-refractivity contribution in [3.05, 3.63) is 34.7 Å². The van der Waals surface area contributed by atoms with Gasteiger partial charge in [-0.25, -0.2) is 4.98 Å². The molecule has 2 aromatic heterocycles. The molecule has 4 heteroatoms. The second-order valence-electron chi connectivity index (χ2n) is 5.02. The minimum Gasteiger partial charge on any atom is -0.329 e. The SMILES string of the molecule is Cc1ccc2[nH]c(=S)n(CC3CC=CCC3)c2n1. The number of aromatic nitrogens is 3. The van der Waals surface area contributed by atoms with Crippen LogP contribution < -0.4 is 0 Å². The Kier molecular flexibility index (Phi) is 3.04. The second kappa shape index (κ2) is 4.69. The molecule has 94 valence electrons. The fraction of sp³-hybridized carbons (Fsp3) is 0.429. The third kappa shape index (κ3) is 2.12. The number of hydrogen-bond acceptors (Lipinski definition) is 2. The lowest BCUT2D eigenvalue weighted by Crippen LogP contribution is -2.12. The van der Waals surface area contributed by atoms with Crippen molar-refractivity contribution in [2.45, 2.75) is 32.7 Å². The number of pyridine rings is 1. The maximum absolute atomic E-state index is 5.41. The Labute approximate surface area is 112 Å². The predicted molar refractivity (Wildman–Crippen MR) is 76.1 cm³/mol. The molecule has 2 heterocycles. The summed E-state index contributed by atoms with van der Waals surface area (Å²) >= 11 is 5.41. The monoisotopic (exact) mass is 259 g/mol. The minimum absolute atomic E-state index is 0.683. The molecule has 3 rings (SSSR count). The summed E-state index contributed by atoms with van der Waals surface area (Å²) in [7, 11) is 0. The largest absolute Gasteiger partial charge is 0.329 e. The first-order valence-electron chi connectivity index (χ1n) is 6.45. The molecule has 0 spiro atoms. The fourth-order valence-corrected chi connectivity index (χ4v) is 2.85. The lowest BCUT2D eigenvalue weighted by Gasteiger charge is -2.18. The molecule has 3 nitrogen and oxygen atoms in total. The van der Waals surface area contributed by atoms with Crippen molar-refractivity contribution in [3.8, 4) is 0 Å². The molecule has 0 bridgehead atoms. The summed E-state index contributed by atoms with van der Waals surface area (Å²) < 4.78 is 2.94. The molecule has 0 amide bonds. The summed E-state index contributed by atoms with van der Waals surface area (Å²) in [5.74, 6) is 0.683. The molecule has 0 saturated heterocycles. The standard InChI is InChI=1S/C14H17N3S/c1-10-7-8-12-13(15-10)17(14(18)16-12)9-11-5-3-2-4-6-11/h2-3,7-8,11H,4-6,9H2,1H3,(H,16,18). The van der Waals surface area contributed by atoms with E-state index < -0.39 is 0 Å². The average molecular weight is 259 g/mol. The van der Waals surface area contributed by atoms with Crippen molar-refractivity contribution in [1.29, 1.82) is 0 Å². The lowest BCUT2D eigenvalue weighted by atomic mass is 9.94. The number of nitrogens with one attached hydrogen (secondary N) is 1. The van der Waals surface area contributed by atoms with Gasteiger partial charge in [0.15, 0.2) is 10.4 Å². The maximum atomic E-state index is 5.41. The van der Waals surface area contributed by atoms with Gasteiger partial charge in [-0.15, -0.1) is 0 Å². The van der Waals surface area contributed by atoms with E-state index in [1.807, 2.05) is 13.0 Å². The van der Waals surface area contributed by atoms with E-state index in [0.29, 0.717) is 5.92 Å². The van der Waals surface area contributed by atoms with Crippen molar-refractivity contribution in [2.75, 3.05) is 0 Å². The van der Waals surface area contributed by atoms with Gasteiger partial charge in [-0.1, -0.05) is 12.2 Å². The third-order valence-corrected chi connectivity index (χ3v) is 3.90. The second-order valence-corrected chi connectivity index (χ2v) is 5.40. The summed E-state index contributed by atoms with van der Waals surface area (Å²) in [6, 6.07) is 4.08. The quantitative estimate of drug-likeness (QED) is 0.658. The molecule has 1 atom stereocenters. The number of allylic oxidation sites excluding steroid dienone is 2. The Morgan fingerprint density at radius 2 is 2.33 bits per heavy atom. The molecule has 1 unspecified atom stereocenters. The number of fused-ring (bicyclic) bond motifs is 1. The number of hydrogen-bond donors (Lipinski definition) is 1. The molecular formula is C14H17N3S. The van der Waals surface area contributed by atoms with Crippen LogP contribution in [0, 0.1) is 17.6 Å². The Bertz CT molecular complexity index is 651. The van der Waals surface area contributed by atoms with Gasteiger partial charge in [0, 0.05) is 12.2 Å². The Balaban J connectivity index is 1.99.